The molecule has 11 nitrogen and oxygen atoms in total. The fourth-order valence-electron chi connectivity index (χ4n) is 5.79. The molecule has 1 saturated carbocycles. The molecule has 3 aliphatic rings. The van der Waals surface area contributed by atoms with Gasteiger partial charge in [-0.05, 0) is 50.4 Å². The molecule has 1 aromatic rings. The Morgan fingerprint density at radius 3 is 2.38 bits per heavy atom. The third-order valence-corrected chi connectivity index (χ3v) is 7.31. The molecule has 12 heteroatoms. The van der Waals surface area contributed by atoms with Gasteiger partial charge in [0.15, 0.2) is 19.4 Å². The first kappa shape index (κ1) is 26.1. The lowest BCUT2D eigenvalue weighted by Crippen LogP contribution is -2.55. The van der Waals surface area contributed by atoms with Crippen LogP contribution in [0.2, 0.25) is 0 Å². The van der Waals surface area contributed by atoms with Crippen LogP contribution in [0.5, 0.6) is 5.75 Å². The second-order valence-corrected chi connectivity index (χ2v) is 9.81. The van der Waals surface area contributed by atoms with E-state index >= 15 is 0 Å². The quantitative estimate of drug-likeness (QED) is 0.156. The van der Waals surface area contributed by atoms with Gasteiger partial charge in [-0.15, -0.1) is 0 Å². The van der Waals surface area contributed by atoms with Crippen molar-refractivity contribution in [3.8, 4) is 5.75 Å². The number of nitrogens with zero attached hydrogens (tertiary/aromatic N) is 1. The van der Waals surface area contributed by atoms with Crippen molar-refractivity contribution in [1.29, 1.82) is 0 Å². The second-order valence-electron chi connectivity index (χ2n) is 9.81. The summed E-state index contributed by atoms with van der Waals surface area (Å²) in [4.78, 5) is 63.5. The fourth-order valence-corrected chi connectivity index (χ4v) is 5.79. The number of phenolic OH excluding ortho intramolecular Hbond substituents is 1. The number of phenols is 1. The van der Waals surface area contributed by atoms with Crippen LogP contribution < -0.4 is 11.1 Å². The molecular weight excluding hydrogens is 481 g/mol. The highest BCUT2D eigenvalue weighted by Gasteiger charge is 2.55. The average molecular weight is 507 g/mol. The van der Waals surface area contributed by atoms with Gasteiger partial charge in [-0.25, -0.2) is 0 Å². The van der Waals surface area contributed by atoms with Crippen LogP contribution in [0.25, 0.3) is 5.76 Å². The maximum atomic E-state index is 13.7. The molecule has 192 valence electrons. The summed E-state index contributed by atoms with van der Waals surface area (Å²) >= 11 is 0. The molecule has 2 radical (unpaired) electrons. The number of hydrogen-bond acceptors (Lipinski definition) is 9. The predicted octanol–water partition coefficient (Wildman–Crippen LogP) is 0.263. The number of hydrogen-bond donors (Lipinski definition) is 5. The second kappa shape index (κ2) is 9.51. The Morgan fingerprint density at radius 2 is 1.78 bits per heavy atom. The molecule has 1 fully saturated rings. The average Bonchev–Trinajstić information content (AvgIpc) is 2.78. The van der Waals surface area contributed by atoms with Gasteiger partial charge in [0.2, 0.25) is 5.91 Å². The lowest BCUT2D eigenvalue weighted by Gasteiger charge is -2.46. The number of Topliss-reactive ketones (excluding diaryl/α,β-unsaturated/α-hetero) is 2. The van der Waals surface area contributed by atoms with E-state index in [4.69, 9.17) is 13.6 Å². The number of nitrogens with one attached hydrogen (secondary N) is 1. The van der Waals surface area contributed by atoms with Crippen LogP contribution in [-0.4, -0.2) is 77.3 Å². The van der Waals surface area contributed by atoms with E-state index < -0.39 is 75.7 Å². The molecule has 0 saturated heterocycles. The number of ketones is 2. The number of benzene rings is 1. The van der Waals surface area contributed by atoms with Crippen molar-refractivity contribution in [3.63, 3.8) is 0 Å². The number of allylic oxidation sites excluding steroid dienone is 1. The van der Waals surface area contributed by atoms with Gasteiger partial charge in [-0.2, -0.15) is 0 Å². The van der Waals surface area contributed by atoms with E-state index in [0.29, 0.717) is 5.56 Å². The maximum absolute atomic E-state index is 13.7. The standard InChI is InChI=1S/C25H26BN3O8/c1-29(2)19-11-8-10-7-9-3-4-12(28-14(31)6-5-13(26)30)20(32)15(9)21(33)16(10)22(34)17(11)23(35)18(24(19)36)25(27)37/h3-4,10-11,17,19,32-33,36H,5-8H2,1-2H3,(H2,27,37)(H,28,31)/t10-,11+,17?,19-/m0/s1. The molecule has 1 aromatic carbocycles. The van der Waals surface area contributed by atoms with E-state index in [1.54, 1.807) is 25.1 Å². The number of anilines is 1. The topological polar surface area (TPSA) is 187 Å². The van der Waals surface area contributed by atoms with Crippen LogP contribution in [-0.2, 0) is 30.4 Å². The number of aromatic hydroxyl groups is 1. The van der Waals surface area contributed by atoms with E-state index in [9.17, 15) is 39.3 Å². The SMILES string of the molecule is [B]C(=O)CCC(=O)Nc1ccc2c(c1O)C(O)=C1C(=O)C3C(=O)C(C(N)=O)=C(O)[C@@H](N(C)C)[C@@H]3C[C@@H]1C2. The summed E-state index contributed by atoms with van der Waals surface area (Å²) in [6.45, 7) is 0. The molecule has 4 atom stereocenters. The van der Waals surface area contributed by atoms with Crippen molar-refractivity contribution in [3.05, 3.63) is 40.2 Å². The van der Waals surface area contributed by atoms with Crippen molar-refractivity contribution in [2.45, 2.75) is 31.7 Å². The van der Waals surface area contributed by atoms with Gasteiger partial charge in [0, 0.05) is 18.4 Å². The van der Waals surface area contributed by atoms with E-state index in [1.807, 2.05) is 0 Å². The number of carbonyl (C=O) groups is 5. The summed E-state index contributed by atoms with van der Waals surface area (Å²) in [5.74, 6) is -7.34. The molecule has 0 bridgehead atoms. The first-order valence-corrected chi connectivity index (χ1v) is 11.7. The predicted molar refractivity (Wildman–Crippen MR) is 131 cm³/mol. The highest BCUT2D eigenvalue weighted by atomic mass is 16.3. The molecule has 6 N–H and O–H groups in total. The first-order chi connectivity index (χ1) is 17.3. The van der Waals surface area contributed by atoms with E-state index in [-0.39, 0.29) is 42.5 Å². The number of nitrogens with two attached hydrogens (primary N) is 1. The first-order valence-electron chi connectivity index (χ1n) is 11.7. The van der Waals surface area contributed by atoms with E-state index in [1.165, 1.54) is 6.07 Å². The van der Waals surface area contributed by atoms with Crippen molar-refractivity contribution >= 4 is 48.4 Å². The smallest absolute Gasteiger partial charge is 0.255 e. The van der Waals surface area contributed by atoms with Gasteiger partial charge in [0.1, 0.15) is 22.8 Å². The summed E-state index contributed by atoms with van der Waals surface area (Å²) in [6.07, 6.45) is 0.0893. The largest absolute Gasteiger partial charge is 0.510 e. The van der Waals surface area contributed by atoms with Crippen molar-refractivity contribution in [1.82, 2.24) is 4.90 Å². The van der Waals surface area contributed by atoms with Crippen molar-refractivity contribution in [2.75, 3.05) is 19.4 Å². The molecular formula is C25H26BN3O8. The number of rotatable bonds is 6. The van der Waals surface area contributed by atoms with Gasteiger partial charge >= 0.3 is 0 Å². The lowest BCUT2D eigenvalue weighted by atomic mass is 9.59. The van der Waals surface area contributed by atoms with Gasteiger partial charge in [0.05, 0.1) is 28.9 Å². The summed E-state index contributed by atoms with van der Waals surface area (Å²) in [5.41, 5.74) is 4.43. The molecule has 0 aliphatic heterocycles. The number of aliphatic hydroxyl groups is 2. The Kier molecular flexibility index (Phi) is 6.72. The van der Waals surface area contributed by atoms with Gasteiger partial charge in [-0.1, -0.05) is 6.07 Å². The number of carbonyl (C=O) groups excluding carboxylic acids is 5. The van der Waals surface area contributed by atoms with E-state index in [0.717, 1.165) is 0 Å². The minimum atomic E-state index is -1.35. The Labute approximate surface area is 213 Å². The van der Waals surface area contributed by atoms with E-state index in [2.05, 4.69) is 5.32 Å². The molecule has 37 heavy (non-hydrogen) atoms. The summed E-state index contributed by atoms with van der Waals surface area (Å²) in [7, 11) is 8.35. The number of likely N-dealkylation sites (N-methyl/N-ethyl adjacent to an activating group) is 1. The van der Waals surface area contributed by atoms with Gasteiger partial charge in [0.25, 0.3) is 5.91 Å². The van der Waals surface area contributed by atoms with Crippen LogP contribution >= 0.6 is 0 Å². The number of primary amides is 1. The normalized spacial score (nSPS) is 24.9. The van der Waals surface area contributed by atoms with Crippen molar-refractivity contribution < 1.29 is 39.3 Å². The minimum absolute atomic E-state index is 0.0368. The zero-order valence-electron chi connectivity index (χ0n) is 20.3. The van der Waals surface area contributed by atoms with Crippen LogP contribution in [0.15, 0.2) is 29.0 Å². The molecule has 1 unspecified atom stereocenters. The third-order valence-electron chi connectivity index (χ3n) is 7.31. The third kappa shape index (κ3) is 4.31. The monoisotopic (exact) mass is 507 g/mol. The molecule has 3 aliphatic carbocycles. The molecule has 0 spiro atoms. The van der Waals surface area contributed by atoms with Crippen molar-refractivity contribution in [2.24, 2.45) is 23.5 Å². The minimum Gasteiger partial charge on any atom is -0.510 e. The maximum Gasteiger partial charge on any atom is 0.255 e. The van der Waals surface area contributed by atoms with Crippen LogP contribution in [0, 0.1) is 17.8 Å². The number of fused-ring (bicyclic) bond motifs is 3. The van der Waals surface area contributed by atoms with Crippen LogP contribution in [0.4, 0.5) is 5.69 Å². The number of amides is 2. The summed E-state index contributed by atoms with van der Waals surface area (Å²) < 4.78 is 0. The molecule has 0 heterocycles. The van der Waals surface area contributed by atoms with Crippen LogP contribution in [0.1, 0.15) is 30.4 Å². The fraction of sp³-hybridized carbons (Fsp3) is 0.400. The number of aliphatic hydroxyl groups excluding tert-OH is 2. The zero-order valence-corrected chi connectivity index (χ0v) is 20.3. The summed E-state index contributed by atoms with van der Waals surface area (Å²) in [5, 5.41) is 35.2. The zero-order chi connectivity index (χ0) is 27.3. The molecule has 0 aromatic heterocycles. The van der Waals surface area contributed by atoms with Gasteiger partial charge in [-0.3, -0.25) is 24.1 Å². The lowest BCUT2D eigenvalue weighted by molar-refractivity contribution is -0.136. The Hall–Kier alpha value is -3.93. The van der Waals surface area contributed by atoms with Crippen LogP contribution in [0.3, 0.4) is 0 Å². The molecule has 4 rings (SSSR count). The highest BCUT2D eigenvalue weighted by molar-refractivity contribution is 6.57. The highest BCUT2D eigenvalue weighted by Crippen LogP contribution is 2.51. The Bertz CT molecular complexity index is 1310. The summed E-state index contributed by atoms with van der Waals surface area (Å²) in [6, 6.07) is 2.23. The Balaban J connectivity index is 1.76. The molecule has 2 amide bonds. The van der Waals surface area contributed by atoms with Gasteiger partial charge < -0.3 is 31.2 Å². The Morgan fingerprint density at radius 1 is 1.11 bits per heavy atom.